The van der Waals surface area contributed by atoms with Crippen LogP contribution < -0.4 is 10.2 Å². The van der Waals surface area contributed by atoms with Crippen LogP contribution in [0.2, 0.25) is 5.02 Å². The van der Waals surface area contributed by atoms with Crippen LogP contribution in [-0.2, 0) is 11.3 Å². The van der Waals surface area contributed by atoms with E-state index in [0.29, 0.717) is 30.2 Å². The number of anilines is 1. The molecular formula is C24H28ClN3O2. The molecule has 0 aromatic heterocycles. The molecule has 6 heteroatoms. The topological polar surface area (TPSA) is 52.7 Å². The normalized spacial score (nSPS) is 19.0. The molecule has 2 heterocycles. The summed E-state index contributed by atoms with van der Waals surface area (Å²) in [6.07, 6.45) is 4.17. The van der Waals surface area contributed by atoms with Crippen molar-refractivity contribution in [2.24, 2.45) is 5.92 Å². The van der Waals surface area contributed by atoms with Crippen molar-refractivity contribution < 1.29 is 9.59 Å². The van der Waals surface area contributed by atoms with Crippen molar-refractivity contribution >= 4 is 29.1 Å². The van der Waals surface area contributed by atoms with E-state index in [9.17, 15) is 9.59 Å². The minimum atomic E-state index is -0.168. The second-order valence-corrected chi connectivity index (χ2v) is 8.61. The van der Waals surface area contributed by atoms with Gasteiger partial charge in [0.1, 0.15) is 0 Å². The van der Waals surface area contributed by atoms with Gasteiger partial charge in [0.05, 0.1) is 5.92 Å². The lowest BCUT2D eigenvalue weighted by Gasteiger charge is -2.32. The Morgan fingerprint density at radius 2 is 1.63 bits per heavy atom. The van der Waals surface area contributed by atoms with Crippen LogP contribution in [0.5, 0.6) is 0 Å². The summed E-state index contributed by atoms with van der Waals surface area (Å²) in [5.74, 6) is -0.187. The summed E-state index contributed by atoms with van der Waals surface area (Å²) >= 11 is 5.91. The summed E-state index contributed by atoms with van der Waals surface area (Å²) in [5.41, 5.74) is 2.96. The van der Waals surface area contributed by atoms with Crippen molar-refractivity contribution in [3.05, 3.63) is 64.7 Å². The molecule has 2 saturated heterocycles. The van der Waals surface area contributed by atoms with E-state index in [1.54, 1.807) is 29.2 Å². The SMILES string of the molecule is O=C(NCc1ccc(N2CCCC2)cc1)C1CCCN(C(=O)c2ccc(Cl)cc2)C1. The quantitative estimate of drug-likeness (QED) is 0.784. The molecule has 2 aliphatic heterocycles. The molecule has 30 heavy (non-hydrogen) atoms. The number of rotatable bonds is 5. The minimum Gasteiger partial charge on any atom is -0.372 e. The molecule has 0 bridgehead atoms. The van der Waals surface area contributed by atoms with Crippen molar-refractivity contribution in [1.82, 2.24) is 10.2 Å². The highest BCUT2D eigenvalue weighted by molar-refractivity contribution is 6.30. The fraction of sp³-hybridized carbons (Fsp3) is 0.417. The number of benzene rings is 2. The second-order valence-electron chi connectivity index (χ2n) is 8.18. The Bertz CT molecular complexity index is 876. The molecule has 158 valence electrons. The molecule has 2 aromatic rings. The number of carbonyl (C=O) groups excluding carboxylic acids is 2. The summed E-state index contributed by atoms with van der Waals surface area (Å²) in [5, 5.41) is 3.66. The number of piperidine rings is 1. The molecule has 1 unspecified atom stereocenters. The van der Waals surface area contributed by atoms with Crippen LogP contribution in [0, 0.1) is 5.92 Å². The predicted octanol–water partition coefficient (Wildman–Crippen LogP) is 4.11. The van der Waals surface area contributed by atoms with Gasteiger partial charge in [-0.15, -0.1) is 0 Å². The molecule has 1 N–H and O–H groups in total. The first-order valence-corrected chi connectivity index (χ1v) is 11.1. The maximum Gasteiger partial charge on any atom is 0.253 e. The smallest absolute Gasteiger partial charge is 0.253 e. The Morgan fingerprint density at radius 3 is 2.33 bits per heavy atom. The first-order valence-electron chi connectivity index (χ1n) is 10.8. The van der Waals surface area contributed by atoms with E-state index in [1.165, 1.54) is 18.5 Å². The number of carbonyl (C=O) groups is 2. The largest absolute Gasteiger partial charge is 0.372 e. The lowest BCUT2D eigenvalue weighted by Crippen LogP contribution is -2.45. The van der Waals surface area contributed by atoms with Gasteiger partial charge in [-0.1, -0.05) is 23.7 Å². The minimum absolute atomic E-state index is 0.0206. The molecule has 0 radical (unpaired) electrons. The van der Waals surface area contributed by atoms with Crippen LogP contribution in [-0.4, -0.2) is 42.9 Å². The fourth-order valence-corrected chi connectivity index (χ4v) is 4.41. The Morgan fingerprint density at radius 1 is 0.933 bits per heavy atom. The molecule has 2 amide bonds. The van der Waals surface area contributed by atoms with E-state index in [0.717, 1.165) is 31.5 Å². The molecule has 0 saturated carbocycles. The Balaban J connectivity index is 1.29. The van der Waals surface area contributed by atoms with Crippen LogP contribution in [0.25, 0.3) is 0 Å². The van der Waals surface area contributed by atoms with Gasteiger partial charge in [0.15, 0.2) is 0 Å². The number of nitrogens with one attached hydrogen (secondary N) is 1. The Labute approximate surface area is 183 Å². The van der Waals surface area contributed by atoms with Gasteiger partial charge < -0.3 is 15.1 Å². The number of halogens is 1. The zero-order valence-electron chi connectivity index (χ0n) is 17.1. The summed E-state index contributed by atoms with van der Waals surface area (Å²) < 4.78 is 0. The highest BCUT2D eigenvalue weighted by Crippen LogP contribution is 2.22. The maximum atomic E-state index is 12.7. The molecule has 0 aliphatic carbocycles. The highest BCUT2D eigenvalue weighted by atomic mass is 35.5. The molecule has 2 fully saturated rings. The van der Waals surface area contributed by atoms with Crippen LogP contribution in [0.3, 0.4) is 0 Å². The van der Waals surface area contributed by atoms with E-state index in [2.05, 4.69) is 34.5 Å². The summed E-state index contributed by atoms with van der Waals surface area (Å²) in [7, 11) is 0. The Hall–Kier alpha value is -2.53. The van der Waals surface area contributed by atoms with Gasteiger partial charge in [-0.05, 0) is 67.6 Å². The third-order valence-corrected chi connectivity index (χ3v) is 6.30. The van der Waals surface area contributed by atoms with E-state index in [4.69, 9.17) is 11.6 Å². The molecular weight excluding hydrogens is 398 g/mol. The van der Waals surface area contributed by atoms with E-state index >= 15 is 0 Å². The summed E-state index contributed by atoms with van der Waals surface area (Å²) in [6.45, 7) is 3.91. The van der Waals surface area contributed by atoms with Gasteiger partial charge in [-0.25, -0.2) is 0 Å². The van der Waals surface area contributed by atoms with Crippen LogP contribution in [0.1, 0.15) is 41.6 Å². The van der Waals surface area contributed by atoms with Crippen molar-refractivity contribution in [1.29, 1.82) is 0 Å². The third-order valence-electron chi connectivity index (χ3n) is 6.04. The maximum absolute atomic E-state index is 12.7. The molecule has 5 nitrogen and oxygen atoms in total. The molecule has 4 rings (SSSR count). The first kappa shape index (κ1) is 20.7. The number of hydrogen-bond acceptors (Lipinski definition) is 3. The molecule has 1 atom stereocenters. The van der Waals surface area contributed by atoms with Gasteiger partial charge >= 0.3 is 0 Å². The zero-order valence-corrected chi connectivity index (χ0v) is 17.9. The molecule has 0 spiro atoms. The van der Waals surface area contributed by atoms with Crippen molar-refractivity contribution in [2.75, 3.05) is 31.1 Å². The van der Waals surface area contributed by atoms with Crippen molar-refractivity contribution in [3.63, 3.8) is 0 Å². The standard InChI is InChI=1S/C24H28ClN3O2/c25-21-9-7-19(8-10-21)24(30)28-15-3-4-20(17-28)23(29)26-16-18-5-11-22(12-6-18)27-13-1-2-14-27/h5-12,20H,1-4,13-17H2,(H,26,29). The van der Waals surface area contributed by atoms with Gasteiger partial charge in [0.25, 0.3) is 5.91 Å². The number of nitrogens with zero attached hydrogens (tertiary/aromatic N) is 2. The molecule has 2 aliphatic rings. The van der Waals surface area contributed by atoms with Gasteiger partial charge in [0.2, 0.25) is 5.91 Å². The zero-order chi connectivity index (χ0) is 20.9. The first-order chi connectivity index (χ1) is 14.6. The predicted molar refractivity (Wildman–Crippen MR) is 120 cm³/mol. The van der Waals surface area contributed by atoms with Crippen LogP contribution >= 0.6 is 11.6 Å². The lowest BCUT2D eigenvalue weighted by molar-refractivity contribution is -0.126. The highest BCUT2D eigenvalue weighted by Gasteiger charge is 2.28. The van der Waals surface area contributed by atoms with Crippen LogP contribution in [0.4, 0.5) is 5.69 Å². The van der Waals surface area contributed by atoms with Gasteiger partial charge in [-0.3, -0.25) is 9.59 Å². The van der Waals surface area contributed by atoms with Crippen molar-refractivity contribution in [2.45, 2.75) is 32.2 Å². The number of amides is 2. The third kappa shape index (κ3) is 4.96. The summed E-state index contributed by atoms with van der Waals surface area (Å²) in [4.78, 5) is 29.6. The average molecular weight is 426 g/mol. The summed E-state index contributed by atoms with van der Waals surface area (Å²) in [6, 6.07) is 15.4. The fourth-order valence-electron chi connectivity index (χ4n) is 4.28. The molecule has 2 aromatic carbocycles. The number of hydrogen-bond donors (Lipinski definition) is 1. The monoisotopic (exact) mass is 425 g/mol. The van der Waals surface area contributed by atoms with Gasteiger partial charge in [0, 0.05) is 49.0 Å². The second kappa shape index (κ2) is 9.52. The van der Waals surface area contributed by atoms with E-state index in [1.807, 2.05) is 0 Å². The van der Waals surface area contributed by atoms with E-state index in [-0.39, 0.29) is 17.7 Å². The Kier molecular flexibility index (Phi) is 6.58. The lowest BCUT2D eigenvalue weighted by atomic mass is 9.96. The van der Waals surface area contributed by atoms with Crippen molar-refractivity contribution in [3.8, 4) is 0 Å². The number of likely N-dealkylation sites (tertiary alicyclic amines) is 1. The average Bonchev–Trinajstić information content (AvgIpc) is 3.33. The van der Waals surface area contributed by atoms with Crippen LogP contribution in [0.15, 0.2) is 48.5 Å². The van der Waals surface area contributed by atoms with E-state index < -0.39 is 0 Å². The van der Waals surface area contributed by atoms with Gasteiger partial charge in [-0.2, -0.15) is 0 Å².